The number of esters is 1. The van der Waals surface area contributed by atoms with Crippen molar-refractivity contribution in [3.8, 4) is 0 Å². The third-order valence-electron chi connectivity index (χ3n) is 7.08. The van der Waals surface area contributed by atoms with Crippen LogP contribution in [0.5, 0.6) is 0 Å². The number of ether oxygens (including phenoxy) is 1. The minimum atomic E-state index is -2.27. The van der Waals surface area contributed by atoms with Gasteiger partial charge in [0.05, 0.1) is 13.5 Å². The van der Waals surface area contributed by atoms with E-state index in [1.54, 1.807) is 18.7 Å². The first-order chi connectivity index (χ1) is 19.4. The van der Waals surface area contributed by atoms with E-state index in [0.29, 0.717) is 44.3 Å². The molecule has 1 saturated heterocycles. The van der Waals surface area contributed by atoms with Crippen molar-refractivity contribution < 1.29 is 49.1 Å². The number of hydrogen-bond donors (Lipinski definition) is 5. The predicted molar refractivity (Wildman–Crippen MR) is 151 cm³/mol. The highest BCUT2D eigenvalue weighted by molar-refractivity contribution is 7.99. The minimum absolute atomic E-state index is 0.00959. The third-order valence-corrected chi connectivity index (χ3v) is 8.05. The van der Waals surface area contributed by atoms with Crippen LogP contribution in [-0.2, 0) is 23.9 Å². The number of thioether (sulfide) groups is 1. The Morgan fingerprint density at radius 3 is 2.02 bits per heavy atom. The van der Waals surface area contributed by atoms with E-state index in [2.05, 4.69) is 22.0 Å². The van der Waals surface area contributed by atoms with Crippen molar-refractivity contribution in [2.24, 2.45) is 5.92 Å². The molecule has 0 aromatic carbocycles. The van der Waals surface area contributed by atoms with E-state index in [-0.39, 0.29) is 17.9 Å². The molecule has 1 heterocycles. The molecule has 2 rings (SSSR count). The van der Waals surface area contributed by atoms with Crippen molar-refractivity contribution in [1.82, 2.24) is 20.0 Å². The average Bonchev–Trinajstić information content (AvgIpc) is 3.47. The maximum atomic E-state index is 13.0. The van der Waals surface area contributed by atoms with Crippen molar-refractivity contribution >= 4 is 41.6 Å². The highest BCUT2D eigenvalue weighted by Crippen LogP contribution is 2.27. The molecule has 0 aromatic rings. The molecule has 2 fully saturated rings. The Labute approximate surface area is 245 Å². The fourth-order valence-corrected chi connectivity index (χ4v) is 5.26. The summed E-state index contributed by atoms with van der Waals surface area (Å²) in [5.41, 5.74) is 0. The molecule has 1 aliphatic carbocycles. The van der Waals surface area contributed by atoms with Crippen LogP contribution in [-0.4, -0.2) is 148 Å². The molecule has 3 atom stereocenters. The lowest BCUT2D eigenvalue weighted by Crippen LogP contribution is -2.55. The molecule has 236 valence electrons. The van der Waals surface area contributed by atoms with Crippen molar-refractivity contribution in [1.29, 1.82) is 0 Å². The van der Waals surface area contributed by atoms with E-state index in [1.165, 1.54) is 32.8 Å². The van der Waals surface area contributed by atoms with Gasteiger partial charge in [0.2, 0.25) is 5.91 Å². The molecular formula is C26H46N4O10S. The lowest BCUT2D eigenvalue weighted by Gasteiger charge is -2.34. The summed E-state index contributed by atoms with van der Waals surface area (Å²) < 4.78 is 4.67. The van der Waals surface area contributed by atoms with Crippen LogP contribution in [0.2, 0.25) is 0 Å². The first kappa shape index (κ1) is 36.4. The number of carbonyl (C=O) groups excluding carboxylic acids is 3. The SMILES string of the molecule is COC(=O)CCSCCN(CCC1CCCC1)C(=O)N[C@@H](C)C(=O)N1CCN(C)CC1.O=C(O)C(O)C(O)C(=O)O. The van der Waals surface area contributed by atoms with Gasteiger partial charge in [-0.05, 0) is 26.3 Å². The summed E-state index contributed by atoms with van der Waals surface area (Å²) in [5, 5.41) is 35.5. The largest absolute Gasteiger partial charge is 0.479 e. The van der Waals surface area contributed by atoms with E-state index in [0.717, 1.165) is 25.3 Å². The molecule has 41 heavy (non-hydrogen) atoms. The number of piperazine rings is 1. The van der Waals surface area contributed by atoms with Crippen molar-refractivity contribution in [3.63, 3.8) is 0 Å². The Bertz CT molecular complexity index is 832. The topological polar surface area (TPSA) is 197 Å². The van der Waals surface area contributed by atoms with Crippen LogP contribution in [0.3, 0.4) is 0 Å². The van der Waals surface area contributed by atoms with Crippen LogP contribution in [0.1, 0.15) is 45.4 Å². The molecule has 0 spiro atoms. The highest BCUT2D eigenvalue weighted by Gasteiger charge is 2.29. The lowest BCUT2D eigenvalue weighted by molar-refractivity contribution is -0.165. The summed E-state index contributed by atoms with van der Waals surface area (Å²) >= 11 is 1.65. The van der Waals surface area contributed by atoms with Crippen LogP contribution < -0.4 is 5.32 Å². The molecule has 1 aliphatic heterocycles. The number of carbonyl (C=O) groups is 5. The summed E-state index contributed by atoms with van der Waals surface area (Å²) in [4.78, 5) is 62.4. The number of methoxy groups -OCH3 is 1. The predicted octanol–water partition coefficient (Wildman–Crippen LogP) is -0.0855. The van der Waals surface area contributed by atoms with E-state index < -0.39 is 30.2 Å². The number of likely N-dealkylation sites (N-methyl/N-ethyl adjacent to an activating group) is 1. The molecule has 5 N–H and O–H groups in total. The van der Waals surface area contributed by atoms with Gasteiger partial charge in [0.15, 0.2) is 12.2 Å². The second-order valence-corrected chi connectivity index (χ2v) is 11.5. The third kappa shape index (κ3) is 14.2. The van der Waals surface area contributed by atoms with Crippen molar-refractivity contribution in [3.05, 3.63) is 0 Å². The van der Waals surface area contributed by atoms with Gasteiger partial charge < -0.3 is 45.2 Å². The van der Waals surface area contributed by atoms with Gasteiger partial charge in [-0.15, -0.1) is 0 Å². The van der Waals surface area contributed by atoms with Gasteiger partial charge in [0.25, 0.3) is 0 Å². The second-order valence-electron chi connectivity index (χ2n) is 10.2. The smallest absolute Gasteiger partial charge is 0.335 e. The molecule has 1 saturated carbocycles. The summed E-state index contributed by atoms with van der Waals surface area (Å²) in [7, 11) is 3.45. The van der Waals surface area contributed by atoms with Gasteiger partial charge in [-0.25, -0.2) is 14.4 Å². The Kier molecular flexibility index (Phi) is 17.3. The normalized spacial score (nSPS) is 17.9. The molecule has 3 amide bonds. The molecule has 15 heteroatoms. The quantitative estimate of drug-likeness (QED) is 0.130. The molecule has 14 nitrogen and oxygen atoms in total. The van der Waals surface area contributed by atoms with E-state index in [4.69, 9.17) is 20.4 Å². The number of rotatable bonds is 14. The van der Waals surface area contributed by atoms with Crippen LogP contribution in [0.4, 0.5) is 4.79 Å². The van der Waals surface area contributed by atoms with Crippen LogP contribution in [0, 0.1) is 5.92 Å². The van der Waals surface area contributed by atoms with Crippen LogP contribution in [0.25, 0.3) is 0 Å². The molecule has 2 unspecified atom stereocenters. The van der Waals surface area contributed by atoms with Gasteiger partial charge in [0, 0.05) is 50.8 Å². The maximum Gasteiger partial charge on any atom is 0.335 e. The molecule has 0 radical (unpaired) electrons. The summed E-state index contributed by atoms with van der Waals surface area (Å²) in [5.74, 6) is -1.61. The number of carboxylic acids is 2. The zero-order chi connectivity index (χ0) is 30.9. The van der Waals surface area contributed by atoms with E-state index >= 15 is 0 Å². The second kappa shape index (κ2) is 19.5. The first-order valence-electron chi connectivity index (χ1n) is 13.9. The Balaban J connectivity index is 0.000000716. The number of amides is 3. The van der Waals surface area contributed by atoms with Crippen LogP contribution >= 0.6 is 11.8 Å². The zero-order valence-corrected chi connectivity index (χ0v) is 25.0. The summed E-state index contributed by atoms with van der Waals surface area (Å²) in [6.07, 6.45) is 1.94. The Hall–Kier alpha value is -2.62. The number of hydrogen-bond acceptors (Lipinski definition) is 10. The first-order valence-corrected chi connectivity index (χ1v) is 15.0. The number of urea groups is 1. The van der Waals surface area contributed by atoms with Gasteiger partial charge in [-0.2, -0.15) is 11.8 Å². The van der Waals surface area contributed by atoms with Gasteiger partial charge in [0.1, 0.15) is 6.04 Å². The van der Waals surface area contributed by atoms with Crippen molar-refractivity contribution in [2.75, 3.05) is 64.9 Å². The summed E-state index contributed by atoms with van der Waals surface area (Å²) in [6.45, 7) is 6.24. The Morgan fingerprint density at radius 2 is 1.51 bits per heavy atom. The summed E-state index contributed by atoms with van der Waals surface area (Å²) in [6, 6.07) is -0.696. The number of nitrogens with one attached hydrogen (secondary N) is 1. The average molecular weight is 607 g/mol. The van der Waals surface area contributed by atoms with Crippen molar-refractivity contribution in [2.45, 2.75) is 63.7 Å². The standard InChI is InChI=1S/C22H40N4O4S.C4H6O6/c1-18(21(28)25-13-11-24(2)12-14-25)23-22(29)26(10-8-19-6-4-5-7-19)15-17-31-16-9-20(27)30-3;5-1(3(7)8)2(6)4(9)10/h18-19H,4-17H2,1-3H3,(H,23,29);1-2,5-6H,(H,7,8)(H,9,10)/t18-;/m0./s1. The molecular weight excluding hydrogens is 560 g/mol. The van der Waals surface area contributed by atoms with E-state index in [9.17, 15) is 24.0 Å². The number of carboxylic acid groups (broad SMARTS) is 2. The number of nitrogens with zero attached hydrogens (tertiary/aromatic N) is 3. The highest BCUT2D eigenvalue weighted by atomic mass is 32.2. The number of aliphatic hydroxyl groups is 2. The molecule has 2 aliphatic rings. The van der Waals surface area contributed by atoms with Gasteiger partial charge in [-0.3, -0.25) is 9.59 Å². The molecule has 0 bridgehead atoms. The molecule has 0 aromatic heterocycles. The minimum Gasteiger partial charge on any atom is -0.479 e. The van der Waals surface area contributed by atoms with Gasteiger partial charge >= 0.3 is 23.9 Å². The fraction of sp³-hybridized carbons (Fsp3) is 0.808. The van der Waals surface area contributed by atoms with E-state index in [1.807, 2.05) is 9.80 Å². The zero-order valence-electron chi connectivity index (χ0n) is 24.2. The number of aliphatic hydroxyl groups excluding tert-OH is 2. The fourth-order valence-electron chi connectivity index (χ4n) is 4.40. The van der Waals surface area contributed by atoms with Crippen LogP contribution in [0.15, 0.2) is 0 Å². The monoisotopic (exact) mass is 606 g/mol. The Morgan fingerprint density at radius 1 is 0.951 bits per heavy atom. The number of aliphatic carboxylic acids is 2. The van der Waals surface area contributed by atoms with Gasteiger partial charge in [-0.1, -0.05) is 25.7 Å². The maximum absolute atomic E-state index is 13.0. The lowest BCUT2D eigenvalue weighted by atomic mass is 10.0.